The summed E-state index contributed by atoms with van der Waals surface area (Å²) in [6.07, 6.45) is -2.77. The van der Waals surface area contributed by atoms with E-state index in [-0.39, 0.29) is 0 Å². The molecule has 11 heteroatoms. The van der Waals surface area contributed by atoms with Crippen molar-refractivity contribution in [3.8, 4) is 0 Å². The zero-order chi connectivity index (χ0) is 24.0. The summed E-state index contributed by atoms with van der Waals surface area (Å²) < 4.78 is 41.5. The van der Waals surface area contributed by atoms with Crippen molar-refractivity contribution in [3.05, 3.63) is 53.6 Å². The summed E-state index contributed by atoms with van der Waals surface area (Å²) >= 11 is 0. The van der Waals surface area contributed by atoms with Gasteiger partial charge in [0.1, 0.15) is 18.0 Å². The molecule has 4 heterocycles. The third-order valence-electron chi connectivity index (χ3n) is 6.23. The lowest BCUT2D eigenvalue weighted by Crippen LogP contribution is -2.44. The number of hydrogen-bond donors (Lipinski definition) is 1. The molecule has 4 aromatic rings. The molecule has 1 N–H and O–H groups in total. The minimum Gasteiger partial charge on any atom is -0.366 e. The van der Waals surface area contributed by atoms with Gasteiger partial charge in [-0.15, -0.1) is 10.2 Å². The van der Waals surface area contributed by atoms with Gasteiger partial charge in [-0.3, -0.25) is 4.40 Å². The molecular weight excluding hydrogens is 445 g/mol. The summed E-state index contributed by atoms with van der Waals surface area (Å²) in [4.78, 5) is 13.8. The first-order valence-corrected chi connectivity index (χ1v) is 11.1. The summed E-state index contributed by atoms with van der Waals surface area (Å²) in [5, 5.41) is 12.5. The number of alkyl halides is 3. The molecule has 5 rings (SSSR count). The number of piperazine rings is 1. The summed E-state index contributed by atoms with van der Waals surface area (Å²) in [7, 11) is 2.10. The van der Waals surface area contributed by atoms with Crippen LogP contribution in [0, 0.1) is 6.92 Å². The van der Waals surface area contributed by atoms with Crippen LogP contribution in [0.1, 0.15) is 29.9 Å². The van der Waals surface area contributed by atoms with Crippen molar-refractivity contribution in [2.24, 2.45) is 0 Å². The van der Waals surface area contributed by atoms with Crippen molar-refractivity contribution in [2.75, 3.05) is 43.4 Å². The van der Waals surface area contributed by atoms with E-state index in [2.05, 4.69) is 42.3 Å². The molecule has 1 atom stereocenters. The molecular formula is C23H25F3N8. The Morgan fingerprint density at radius 1 is 1.03 bits per heavy atom. The van der Waals surface area contributed by atoms with E-state index in [9.17, 15) is 13.2 Å². The van der Waals surface area contributed by atoms with Crippen LogP contribution in [0.5, 0.6) is 0 Å². The lowest BCUT2D eigenvalue weighted by molar-refractivity contribution is -0.137. The number of anilines is 2. The van der Waals surface area contributed by atoms with Crippen LogP contribution in [-0.2, 0) is 6.18 Å². The molecule has 0 amide bonds. The van der Waals surface area contributed by atoms with Gasteiger partial charge in [0.25, 0.3) is 0 Å². The van der Waals surface area contributed by atoms with E-state index in [0.29, 0.717) is 28.5 Å². The normalized spacial score (nSPS) is 16.4. The Hall–Kier alpha value is -3.47. The first-order valence-electron chi connectivity index (χ1n) is 11.1. The number of aryl methyl sites for hydroxylation is 1. The molecule has 0 radical (unpaired) electrons. The van der Waals surface area contributed by atoms with E-state index in [1.807, 2.05) is 17.4 Å². The molecule has 0 saturated carbocycles. The number of halogens is 3. The van der Waals surface area contributed by atoms with Crippen molar-refractivity contribution < 1.29 is 13.2 Å². The van der Waals surface area contributed by atoms with Crippen LogP contribution in [0.15, 0.2) is 36.7 Å². The van der Waals surface area contributed by atoms with Gasteiger partial charge in [0.2, 0.25) is 0 Å². The SMILES string of the molecule is Cc1nc(NC(C)c2cccc(C(F)(F)F)c2)c2cc(N3CCN(C)CC3)c3nncn3c2n1. The molecule has 1 fully saturated rings. The molecule has 1 aromatic carbocycles. The molecule has 1 aliphatic rings. The quantitative estimate of drug-likeness (QED) is 0.485. The van der Waals surface area contributed by atoms with Gasteiger partial charge in [-0.1, -0.05) is 12.1 Å². The molecule has 1 unspecified atom stereocenters. The van der Waals surface area contributed by atoms with E-state index in [4.69, 9.17) is 0 Å². The fourth-order valence-electron chi connectivity index (χ4n) is 4.31. The molecule has 0 aliphatic carbocycles. The zero-order valence-corrected chi connectivity index (χ0v) is 19.1. The third kappa shape index (κ3) is 4.11. The number of aromatic nitrogens is 5. The number of rotatable bonds is 4. The van der Waals surface area contributed by atoms with Crippen molar-refractivity contribution in [2.45, 2.75) is 26.1 Å². The van der Waals surface area contributed by atoms with Crippen LogP contribution in [0.25, 0.3) is 16.7 Å². The predicted molar refractivity (Wildman–Crippen MR) is 124 cm³/mol. The molecule has 0 spiro atoms. The zero-order valence-electron chi connectivity index (χ0n) is 19.1. The number of nitrogens with zero attached hydrogens (tertiary/aromatic N) is 7. The van der Waals surface area contributed by atoms with E-state index >= 15 is 0 Å². The summed E-state index contributed by atoms with van der Waals surface area (Å²) in [6, 6.07) is 6.93. The average molecular weight is 471 g/mol. The highest BCUT2D eigenvalue weighted by atomic mass is 19.4. The van der Waals surface area contributed by atoms with Gasteiger partial charge in [-0.05, 0) is 44.7 Å². The molecule has 1 aliphatic heterocycles. The molecule has 178 valence electrons. The first-order chi connectivity index (χ1) is 16.2. The number of nitrogens with one attached hydrogen (secondary N) is 1. The van der Waals surface area contributed by atoms with Crippen molar-refractivity contribution in [3.63, 3.8) is 0 Å². The van der Waals surface area contributed by atoms with Crippen LogP contribution in [0.2, 0.25) is 0 Å². The number of pyridine rings is 1. The van der Waals surface area contributed by atoms with Gasteiger partial charge in [-0.25, -0.2) is 9.97 Å². The van der Waals surface area contributed by atoms with E-state index in [0.717, 1.165) is 43.3 Å². The Kier molecular flexibility index (Phi) is 5.51. The van der Waals surface area contributed by atoms with Gasteiger partial charge >= 0.3 is 6.18 Å². The second-order valence-corrected chi connectivity index (χ2v) is 8.69. The molecule has 0 bridgehead atoms. The van der Waals surface area contributed by atoms with E-state index < -0.39 is 17.8 Å². The maximum Gasteiger partial charge on any atom is 0.416 e. The molecule has 3 aromatic heterocycles. The van der Waals surface area contributed by atoms with Crippen LogP contribution in [-0.4, -0.2) is 62.7 Å². The molecule has 8 nitrogen and oxygen atoms in total. The molecule has 1 saturated heterocycles. The Balaban J connectivity index is 1.58. The van der Waals surface area contributed by atoms with Gasteiger partial charge in [-0.2, -0.15) is 13.2 Å². The lowest BCUT2D eigenvalue weighted by atomic mass is 10.0. The standard InChI is InChI=1S/C23H25F3N8/c1-14(16-5-4-6-17(11-16)23(24,25)26)28-20-18-12-19(33-9-7-32(3)8-10-33)22-31-27-13-34(22)21(18)30-15(2)29-20/h4-6,11-14H,7-10H2,1-3H3,(H,28,29,30). The van der Waals surface area contributed by atoms with Crippen LogP contribution >= 0.6 is 0 Å². The average Bonchev–Trinajstić information content (AvgIpc) is 3.29. The van der Waals surface area contributed by atoms with Crippen LogP contribution in [0.4, 0.5) is 24.7 Å². The van der Waals surface area contributed by atoms with Gasteiger partial charge in [0.05, 0.1) is 16.6 Å². The lowest BCUT2D eigenvalue weighted by Gasteiger charge is -2.34. The summed E-state index contributed by atoms with van der Waals surface area (Å²) in [6.45, 7) is 7.16. The Labute approximate surface area is 194 Å². The summed E-state index contributed by atoms with van der Waals surface area (Å²) in [5.41, 5.74) is 2.13. The van der Waals surface area contributed by atoms with Gasteiger partial charge < -0.3 is 15.1 Å². The Bertz CT molecular complexity index is 1340. The minimum atomic E-state index is -4.40. The predicted octanol–water partition coefficient (Wildman–Crippen LogP) is 3.92. The number of fused-ring (bicyclic) bond motifs is 3. The third-order valence-corrected chi connectivity index (χ3v) is 6.23. The van der Waals surface area contributed by atoms with Gasteiger partial charge in [0, 0.05) is 32.2 Å². The van der Waals surface area contributed by atoms with Crippen LogP contribution < -0.4 is 10.2 Å². The summed E-state index contributed by atoms with van der Waals surface area (Å²) in [5.74, 6) is 1.09. The van der Waals surface area contributed by atoms with E-state index in [1.54, 1.807) is 19.3 Å². The maximum atomic E-state index is 13.2. The Morgan fingerprint density at radius 3 is 2.53 bits per heavy atom. The number of benzene rings is 1. The number of likely N-dealkylation sites (N-methyl/N-ethyl adjacent to an activating group) is 1. The first kappa shape index (κ1) is 22.3. The highest BCUT2D eigenvalue weighted by molar-refractivity contribution is 5.94. The van der Waals surface area contributed by atoms with E-state index in [1.165, 1.54) is 12.1 Å². The fourth-order valence-corrected chi connectivity index (χ4v) is 4.31. The van der Waals surface area contributed by atoms with Crippen molar-refractivity contribution in [1.29, 1.82) is 0 Å². The second kappa shape index (κ2) is 8.39. The van der Waals surface area contributed by atoms with Crippen molar-refractivity contribution in [1.82, 2.24) is 29.5 Å². The maximum absolute atomic E-state index is 13.2. The smallest absolute Gasteiger partial charge is 0.366 e. The topological polar surface area (TPSA) is 74.5 Å². The minimum absolute atomic E-state index is 0.413. The van der Waals surface area contributed by atoms with Gasteiger partial charge in [0.15, 0.2) is 11.3 Å². The Morgan fingerprint density at radius 2 is 1.79 bits per heavy atom. The fraction of sp³-hybridized carbons (Fsp3) is 0.391. The largest absolute Gasteiger partial charge is 0.416 e. The monoisotopic (exact) mass is 470 g/mol. The van der Waals surface area contributed by atoms with Crippen LogP contribution in [0.3, 0.4) is 0 Å². The van der Waals surface area contributed by atoms with Crippen molar-refractivity contribution >= 4 is 28.2 Å². The second-order valence-electron chi connectivity index (χ2n) is 8.69. The highest BCUT2D eigenvalue weighted by Gasteiger charge is 2.31. The number of hydrogen-bond acceptors (Lipinski definition) is 7. The molecule has 34 heavy (non-hydrogen) atoms. The highest BCUT2D eigenvalue weighted by Crippen LogP contribution is 2.34.